The smallest absolute Gasteiger partial charge is 0.194 e. The Morgan fingerprint density at radius 1 is 1.45 bits per heavy atom. The SMILES string of the molecule is CCOc1cccc([C@@H]2C[C@H]2NC2=NCCN2C)c1.I. The van der Waals surface area contributed by atoms with Crippen LogP contribution in [-0.4, -0.2) is 43.6 Å². The molecule has 1 saturated carbocycles. The van der Waals surface area contributed by atoms with E-state index in [0.717, 1.165) is 31.4 Å². The maximum Gasteiger partial charge on any atom is 0.194 e. The Bertz CT molecular complexity index is 492. The van der Waals surface area contributed by atoms with Gasteiger partial charge in [-0.3, -0.25) is 4.99 Å². The van der Waals surface area contributed by atoms with Gasteiger partial charge in [0.2, 0.25) is 0 Å². The first-order valence-corrected chi connectivity index (χ1v) is 7.03. The molecular formula is C15H22IN3O. The minimum Gasteiger partial charge on any atom is -0.494 e. The minimum atomic E-state index is 0. The molecule has 20 heavy (non-hydrogen) atoms. The molecule has 110 valence electrons. The number of guanidine groups is 1. The zero-order valence-electron chi connectivity index (χ0n) is 12.0. The molecule has 1 aromatic carbocycles. The average Bonchev–Trinajstić information content (AvgIpc) is 3.06. The van der Waals surface area contributed by atoms with Crippen LogP contribution < -0.4 is 10.1 Å². The molecule has 0 unspecified atom stereocenters. The van der Waals surface area contributed by atoms with E-state index in [4.69, 9.17) is 4.74 Å². The minimum absolute atomic E-state index is 0. The highest BCUT2D eigenvalue weighted by Crippen LogP contribution is 2.41. The molecule has 1 fully saturated rings. The van der Waals surface area contributed by atoms with Gasteiger partial charge < -0.3 is 15.0 Å². The molecule has 2 aliphatic rings. The van der Waals surface area contributed by atoms with Crippen molar-refractivity contribution in [3.63, 3.8) is 0 Å². The maximum absolute atomic E-state index is 5.56. The predicted octanol–water partition coefficient (Wildman–Crippen LogP) is 2.45. The van der Waals surface area contributed by atoms with Gasteiger partial charge in [-0.2, -0.15) is 0 Å². The van der Waals surface area contributed by atoms with Crippen molar-refractivity contribution in [1.29, 1.82) is 0 Å². The van der Waals surface area contributed by atoms with E-state index in [1.807, 2.05) is 13.0 Å². The van der Waals surface area contributed by atoms with Crippen molar-refractivity contribution in [1.82, 2.24) is 10.2 Å². The molecule has 1 aromatic rings. The van der Waals surface area contributed by atoms with Gasteiger partial charge in [0.05, 0.1) is 13.2 Å². The molecule has 4 nitrogen and oxygen atoms in total. The number of rotatable bonds is 4. The van der Waals surface area contributed by atoms with Gasteiger partial charge in [0, 0.05) is 25.6 Å². The molecule has 1 aliphatic carbocycles. The van der Waals surface area contributed by atoms with E-state index in [2.05, 4.69) is 40.5 Å². The Balaban J connectivity index is 0.00000147. The number of hydrogen-bond donors (Lipinski definition) is 1. The van der Waals surface area contributed by atoms with Crippen molar-refractivity contribution in [3.05, 3.63) is 29.8 Å². The van der Waals surface area contributed by atoms with Gasteiger partial charge in [-0.05, 0) is 31.0 Å². The summed E-state index contributed by atoms with van der Waals surface area (Å²) in [6, 6.07) is 8.98. The first kappa shape index (κ1) is 15.4. The molecule has 0 spiro atoms. The van der Waals surface area contributed by atoms with E-state index in [1.54, 1.807) is 0 Å². The molecule has 1 heterocycles. The van der Waals surface area contributed by atoms with Gasteiger partial charge in [-0.1, -0.05) is 12.1 Å². The lowest BCUT2D eigenvalue weighted by Crippen LogP contribution is -2.37. The third-order valence-corrected chi connectivity index (χ3v) is 3.76. The number of likely N-dealkylation sites (N-methyl/N-ethyl adjacent to an activating group) is 1. The van der Waals surface area contributed by atoms with Crippen LogP contribution in [0.2, 0.25) is 0 Å². The average molecular weight is 387 g/mol. The van der Waals surface area contributed by atoms with Gasteiger partial charge in [-0.15, -0.1) is 24.0 Å². The van der Waals surface area contributed by atoms with E-state index >= 15 is 0 Å². The van der Waals surface area contributed by atoms with Crippen molar-refractivity contribution in [3.8, 4) is 5.75 Å². The van der Waals surface area contributed by atoms with Gasteiger partial charge in [0.15, 0.2) is 5.96 Å². The molecule has 0 aromatic heterocycles. The number of benzene rings is 1. The first-order valence-electron chi connectivity index (χ1n) is 7.03. The lowest BCUT2D eigenvalue weighted by molar-refractivity contribution is 0.340. The van der Waals surface area contributed by atoms with E-state index in [0.29, 0.717) is 12.0 Å². The zero-order valence-corrected chi connectivity index (χ0v) is 14.3. The molecule has 0 amide bonds. The summed E-state index contributed by atoms with van der Waals surface area (Å²) in [4.78, 5) is 6.67. The highest BCUT2D eigenvalue weighted by Gasteiger charge is 2.39. The van der Waals surface area contributed by atoms with Crippen LogP contribution in [0.4, 0.5) is 0 Å². The van der Waals surface area contributed by atoms with Crippen LogP contribution in [0.3, 0.4) is 0 Å². The van der Waals surface area contributed by atoms with Crippen molar-refractivity contribution in [2.24, 2.45) is 4.99 Å². The summed E-state index contributed by atoms with van der Waals surface area (Å²) in [5, 5.41) is 3.54. The fraction of sp³-hybridized carbons (Fsp3) is 0.533. The first-order chi connectivity index (χ1) is 9.28. The monoisotopic (exact) mass is 387 g/mol. The molecule has 0 saturated heterocycles. The molecular weight excluding hydrogens is 365 g/mol. The second-order valence-corrected chi connectivity index (χ2v) is 5.23. The summed E-state index contributed by atoms with van der Waals surface area (Å²) in [7, 11) is 2.09. The summed E-state index contributed by atoms with van der Waals surface area (Å²) in [5.74, 6) is 2.62. The molecule has 0 bridgehead atoms. The number of nitrogens with one attached hydrogen (secondary N) is 1. The highest BCUT2D eigenvalue weighted by atomic mass is 127. The van der Waals surface area contributed by atoms with Crippen LogP contribution >= 0.6 is 24.0 Å². The molecule has 1 N–H and O–H groups in total. The van der Waals surface area contributed by atoms with Crippen LogP contribution in [0.15, 0.2) is 29.3 Å². The van der Waals surface area contributed by atoms with Gasteiger partial charge in [0.25, 0.3) is 0 Å². The van der Waals surface area contributed by atoms with E-state index < -0.39 is 0 Å². The Hall–Kier alpha value is -0.980. The maximum atomic E-state index is 5.56. The highest BCUT2D eigenvalue weighted by molar-refractivity contribution is 14.0. The molecule has 5 heteroatoms. The Morgan fingerprint density at radius 3 is 3.00 bits per heavy atom. The van der Waals surface area contributed by atoms with Crippen molar-refractivity contribution in [2.45, 2.75) is 25.3 Å². The van der Waals surface area contributed by atoms with E-state index in [-0.39, 0.29) is 24.0 Å². The fourth-order valence-electron chi connectivity index (χ4n) is 2.58. The molecule has 2 atom stereocenters. The summed E-state index contributed by atoms with van der Waals surface area (Å²) >= 11 is 0. The summed E-state index contributed by atoms with van der Waals surface area (Å²) in [6.45, 7) is 4.68. The Kier molecular flexibility index (Phi) is 5.12. The zero-order chi connectivity index (χ0) is 13.2. The third-order valence-electron chi connectivity index (χ3n) is 3.76. The van der Waals surface area contributed by atoms with Crippen LogP contribution in [0.1, 0.15) is 24.8 Å². The Morgan fingerprint density at radius 2 is 2.30 bits per heavy atom. The molecule has 1 aliphatic heterocycles. The summed E-state index contributed by atoms with van der Waals surface area (Å²) in [5.41, 5.74) is 1.37. The molecule has 3 rings (SSSR count). The largest absolute Gasteiger partial charge is 0.494 e. The number of ether oxygens (including phenoxy) is 1. The normalized spacial score (nSPS) is 23.9. The second-order valence-electron chi connectivity index (χ2n) is 5.23. The third kappa shape index (κ3) is 3.37. The van der Waals surface area contributed by atoms with Crippen LogP contribution in [0.25, 0.3) is 0 Å². The van der Waals surface area contributed by atoms with Crippen molar-refractivity contribution >= 4 is 29.9 Å². The van der Waals surface area contributed by atoms with Crippen molar-refractivity contribution < 1.29 is 4.74 Å². The number of hydrogen-bond acceptors (Lipinski definition) is 4. The standard InChI is InChI=1S/C15H21N3O.HI/c1-3-19-12-6-4-5-11(9-12)13-10-14(13)17-15-16-7-8-18(15)2;/h4-6,9,13-14H,3,7-8,10H2,1-2H3,(H,16,17);1H/t13-,14+;/m0./s1. The van der Waals surface area contributed by atoms with Crippen LogP contribution in [0.5, 0.6) is 5.75 Å². The van der Waals surface area contributed by atoms with Crippen molar-refractivity contribution in [2.75, 3.05) is 26.7 Å². The lowest BCUT2D eigenvalue weighted by atomic mass is 10.1. The van der Waals surface area contributed by atoms with Gasteiger partial charge in [-0.25, -0.2) is 0 Å². The predicted molar refractivity (Wildman–Crippen MR) is 92.2 cm³/mol. The number of nitrogens with zero attached hydrogens (tertiary/aromatic N) is 2. The Labute approximate surface area is 137 Å². The van der Waals surface area contributed by atoms with E-state index in [9.17, 15) is 0 Å². The fourth-order valence-corrected chi connectivity index (χ4v) is 2.58. The van der Waals surface area contributed by atoms with Gasteiger partial charge >= 0.3 is 0 Å². The quantitative estimate of drug-likeness (QED) is 0.807. The molecule has 0 radical (unpaired) electrons. The van der Waals surface area contributed by atoms with E-state index in [1.165, 1.54) is 12.0 Å². The summed E-state index contributed by atoms with van der Waals surface area (Å²) in [6.07, 6.45) is 1.18. The number of halogens is 1. The van der Waals surface area contributed by atoms with Crippen LogP contribution in [0, 0.1) is 0 Å². The second kappa shape index (κ2) is 6.65. The van der Waals surface area contributed by atoms with Crippen LogP contribution in [-0.2, 0) is 0 Å². The number of aliphatic imine (C=N–C) groups is 1. The van der Waals surface area contributed by atoms with Gasteiger partial charge in [0.1, 0.15) is 5.75 Å². The lowest BCUT2D eigenvalue weighted by Gasteiger charge is -2.15. The summed E-state index contributed by atoms with van der Waals surface area (Å²) < 4.78 is 5.56. The topological polar surface area (TPSA) is 36.9 Å².